The summed E-state index contributed by atoms with van der Waals surface area (Å²) < 4.78 is 1.77. The first kappa shape index (κ1) is 18.4. The zero-order valence-corrected chi connectivity index (χ0v) is 16.6. The molecule has 1 aliphatic heterocycles. The minimum Gasteiger partial charge on any atom is -0.357 e. The van der Waals surface area contributed by atoms with Gasteiger partial charge in [0.15, 0.2) is 11.4 Å². The molecule has 4 rings (SSSR count). The zero-order valence-electron chi connectivity index (χ0n) is 16.6. The molecule has 2 aliphatic rings. The van der Waals surface area contributed by atoms with Crippen LogP contribution >= 0.6 is 0 Å². The molecule has 2 fully saturated rings. The van der Waals surface area contributed by atoms with Crippen LogP contribution in [0.4, 0.5) is 5.82 Å². The number of ketones is 1. The van der Waals surface area contributed by atoms with Gasteiger partial charge in [-0.25, -0.2) is 9.67 Å². The molecular formula is C21H31N5O. The van der Waals surface area contributed by atoms with Crippen molar-refractivity contribution in [3.63, 3.8) is 0 Å². The summed E-state index contributed by atoms with van der Waals surface area (Å²) in [4.78, 5) is 20.0. The average Bonchev–Trinajstić information content (AvgIpc) is 3.05. The van der Waals surface area contributed by atoms with Crippen molar-refractivity contribution in [2.75, 3.05) is 25.0 Å². The molecule has 6 nitrogen and oxygen atoms in total. The van der Waals surface area contributed by atoms with Gasteiger partial charge in [0.05, 0.1) is 5.39 Å². The fourth-order valence-electron chi connectivity index (χ4n) is 4.62. The number of carbonyl (C=O) groups is 1. The summed E-state index contributed by atoms with van der Waals surface area (Å²) in [5.41, 5.74) is 1.40. The number of hydrogen-bond acceptors (Lipinski definition) is 5. The van der Waals surface area contributed by atoms with E-state index in [0.717, 1.165) is 42.8 Å². The van der Waals surface area contributed by atoms with Gasteiger partial charge in [-0.05, 0) is 56.8 Å². The van der Waals surface area contributed by atoms with E-state index in [-0.39, 0.29) is 5.78 Å². The van der Waals surface area contributed by atoms with Gasteiger partial charge in [-0.3, -0.25) is 4.79 Å². The van der Waals surface area contributed by atoms with Gasteiger partial charge in [0.1, 0.15) is 11.5 Å². The van der Waals surface area contributed by atoms with E-state index in [2.05, 4.69) is 28.4 Å². The van der Waals surface area contributed by atoms with E-state index in [1.807, 2.05) is 13.1 Å². The number of pyridine rings is 1. The first-order chi connectivity index (χ1) is 13.1. The Balaban J connectivity index is 1.56. The molecule has 6 heteroatoms. The SMILES string of the molecule is CN(c1ccc2c(C(=O)CC3CCNCC3)nn(C)c2n1)C1CCCCC1. The van der Waals surface area contributed by atoms with Gasteiger partial charge in [0.25, 0.3) is 0 Å². The Labute approximate surface area is 161 Å². The number of nitrogens with zero attached hydrogens (tertiary/aromatic N) is 4. The topological polar surface area (TPSA) is 63.1 Å². The molecule has 1 saturated carbocycles. The van der Waals surface area contributed by atoms with Crippen LogP contribution in [0.25, 0.3) is 11.0 Å². The quantitative estimate of drug-likeness (QED) is 0.819. The van der Waals surface area contributed by atoms with Crippen LogP contribution in [-0.4, -0.2) is 46.7 Å². The van der Waals surface area contributed by atoms with Gasteiger partial charge < -0.3 is 10.2 Å². The third kappa shape index (κ3) is 3.86. The Morgan fingerprint density at radius 2 is 1.93 bits per heavy atom. The molecule has 2 aromatic rings. The number of aromatic nitrogens is 3. The molecular weight excluding hydrogens is 338 g/mol. The van der Waals surface area contributed by atoms with Crippen molar-refractivity contribution in [3.8, 4) is 0 Å². The first-order valence-electron chi connectivity index (χ1n) is 10.4. The Hall–Kier alpha value is -1.95. The lowest BCUT2D eigenvalue weighted by Crippen LogP contribution is -2.33. The number of nitrogens with one attached hydrogen (secondary N) is 1. The third-order valence-electron chi connectivity index (χ3n) is 6.35. The summed E-state index contributed by atoms with van der Waals surface area (Å²) in [7, 11) is 4.03. The maximum Gasteiger partial charge on any atom is 0.184 e. The minimum absolute atomic E-state index is 0.155. The van der Waals surface area contributed by atoms with Crippen LogP contribution in [0.3, 0.4) is 0 Å². The summed E-state index contributed by atoms with van der Waals surface area (Å²) in [6.07, 6.45) is 9.18. The van der Waals surface area contributed by atoms with Crippen LogP contribution < -0.4 is 10.2 Å². The molecule has 1 aliphatic carbocycles. The van der Waals surface area contributed by atoms with E-state index in [4.69, 9.17) is 4.98 Å². The summed E-state index contributed by atoms with van der Waals surface area (Å²) in [5, 5.41) is 8.78. The molecule has 0 unspecified atom stereocenters. The number of carbonyl (C=O) groups excluding carboxylic acids is 1. The molecule has 0 aromatic carbocycles. The van der Waals surface area contributed by atoms with E-state index in [1.54, 1.807) is 4.68 Å². The van der Waals surface area contributed by atoms with Gasteiger partial charge in [-0.1, -0.05) is 19.3 Å². The van der Waals surface area contributed by atoms with Gasteiger partial charge in [0, 0.05) is 26.6 Å². The smallest absolute Gasteiger partial charge is 0.184 e. The number of hydrogen-bond donors (Lipinski definition) is 1. The largest absolute Gasteiger partial charge is 0.357 e. The van der Waals surface area contributed by atoms with Crippen molar-refractivity contribution < 1.29 is 4.79 Å². The lowest BCUT2D eigenvalue weighted by Gasteiger charge is -2.32. The molecule has 2 aromatic heterocycles. The number of Topliss-reactive ketones (excluding diaryl/α,β-unsaturated/α-hetero) is 1. The number of piperidine rings is 1. The molecule has 0 radical (unpaired) electrons. The van der Waals surface area contributed by atoms with Crippen molar-refractivity contribution in [2.24, 2.45) is 13.0 Å². The summed E-state index contributed by atoms with van der Waals surface area (Å²) >= 11 is 0. The van der Waals surface area contributed by atoms with E-state index in [1.165, 1.54) is 32.1 Å². The zero-order chi connectivity index (χ0) is 18.8. The molecule has 3 heterocycles. The Morgan fingerprint density at radius 3 is 2.67 bits per heavy atom. The van der Waals surface area contributed by atoms with Gasteiger partial charge in [-0.2, -0.15) is 5.10 Å². The number of anilines is 1. The maximum atomic E-state index is 12.9. The highest BCUT2D eigenvalue weighted by molar-refractivity contribution is 6.05. The molecule has 1 N–H and O–H groups in total. The fourth-order valence-corrected chi connectivity index (χ4v) is 4.62. The molecule has 0 amide bonds. The second kappa shape index (κ2) is 7.97. The molecule has 0 atom stereocenters. The summed E-state index contributed by atoms with van der Waals surface area (Å²) in [5.74, 6) is 1.61. The van der Waals surface area contributed by atoms with Gasteiger partial charge >= 0.3 is 0 Å². The van der Waals surface area contributed by atoms with E-state index in [9.17, 15) is 4.79 Å². The van der Waals surface area contributed by atoms with E-state index in [0.29, 0.717) is 24.1 Å². The minimum atomic E-state index is 0.155. The summed E-state index contributed by atoms with van der Waals surface area (Å²) in [6, 6.07) is 4.66. The average molecular weight is 370 g/mol. The molecule has 1 saturated heterocycles. The standard InChI is InChI=1S/C21H31N5O/c1-25(16-6-4-3-5-7-16)19-9-8-17-20(24-26(2)21(17)23-19)18(27)14-15-10-12-22-13-11-15/h8-9,15-16,22H,3-7,10-14H2,1-2H3. The third-order valence-corrected chi connectivity index (χ3v) is 6.35. The van der Waals surface area contributed by atoms with Crippen molar-refractivity contribution in [3.05, 3.63) is 17.8 Å². The number of fused-ring (bicyclic) bond motifs is 1. The van der Waals surface area contributed by atoms with E-state index < -0.39 is 0 Å². The highest BCUT2D eigenvalue weighted by Crippen LogP contribution is 2.28. The highest BCUT2D eigenvalue weighted by atomic mass is 16.1. The normalized spacial score (nSPS) is 19.5. The van der Waals surface area contributed by atoms with Crippen molar-refractivity contribution in [2.45, 2.75) is 57.4 Å². The van der Waals surface area contributed by atoms with Crippen LogP contribution in [0, 0.1) is 5.92 Å². The maximum absolute atomic E-state index is 12.9. The van der Waals surface area contributed by atoms with Gasteiger partial charge in [-0.15, -0.1) is 0 Å². The molecule has 146 valence electrons. The van der Waals surface area contributed by atoms with Gasteiger partial charge in [0.2, 0.25) is 0 Å². The predicted molar refractivity (Wildman–Crippen MR) is 108 cm³/mol. The van der Waals surface area contributed by atoms with Crippen LogP contribution in [0.5, 0.6) is 0 Å². The van der Waals surface area contributed by atoms with Crippen molar-refractivity contribution in [1.82, 2.24) is 20.1 Å². The fraction of sp³-hybridized carbons (Fsp3) is 0.667. The molecule has 27 heavy (non-hydrogen) atoms. The van der Waals surface area contributed by atoms with Crippen LogP contribution in [0.15, 0.2) is 12.1 Å². The van der Waals surface area contributed by atoms with Crippen molar-refractivity contribution >= 4 is 22.6 Å². The Kier molecular flexibility index (Phi) is 5.43. The molecule has 0 bridgehead atoms. The predicted octanol–water partition coefficient (Wildman–Crippen LogP) is 3.31. The van der Waals surface area contributed by atoms with Crippen LogP contribution in [-0.2, 0) is 7.05 Å². The second-order valence-corrected chi connectivity index (χ2v) is 8.24. The Bertz CT molecular complexity index is 802. The molecule has 0 spiro atoms. The number of rotatable bonds is 5. The highest BCUT2D eigenvalue weighted by Gasteiger charge is 2.24. The Morgan fingerprint density at radius 1 is 1.19 bits per heavy atom. The summed E-state index contributed by atoms with van der Waals surface area (Å²) in [6.45, 7) is 2.03. The van der Waals surface area contributed by atoms with Crippen molar-refractivity contribution in [1.29, 1.82) is 0 Å². The van der Waals surface area contributed by atoms with Crippen LogP contribution in [0.1, 0.15) is 61.9 Å². The number of aryl methyl sites for hydroxylation is 1. The van der Waals surface area contributed by atoms with Crippen LogP contribution in [0.2, 0.25) is 0 Å². The lowest BCUT2D eigenvalue weighted by molar-refractivity contribution is 0.0948. The lowest BCUT2D eigenvalue weighted by atomic mass is 9.91. The van der Waals surface area contributed by atoms with E-state index >= 15 is 0 Å². The second-order valence-electron chi connectivity index (χ2n) is 8.24. The first-order valence-corrected chi connectivity index (χ1v) is 10.4. The monoisotopic (exact) mass is 369 g/mol.